The summed E-state index contributed by atoms with van der Waals surface area (Å²) >= 11 is 53.4. The molecule has 1 fully saturated rings. The van der Waals surface area contributed by atoms with Crippen molar-refractivity contribution < 1.29 is 24.6 Å². The zero-order valence-corrected chi connectivity index (χ0v) is 71.4. The number of carboxylic acids is 1. The minimum absolute atomic E-state index is 0.219. The van der Waals surface area contributed by atoms with E-state index < -0.39 is 5.97 Å². The third kappa shape index (κ3) is 31.3. The van der Waals surface area contributed by atoms with Crippen LogP contribution in [0.25, 0.3) is 0 Å². The van der Waals surface area contributed by atoms with Gasteiger partial charge in [-0.05, 0) is 138 Å². The van der Waals surface area contributed by atoms with Gasteiger partial charge in [-0.1, -0.05) is 92.8 Å². The van der Waals surface area contributed by atoms with Crippen LogP contribution in [-0.2, 0) is 19.3 Å². The van der Waals surface area contributed by atoms with Gasteiger partial charge in [-0.3, -0.25) is 34.5 Å². The van der Waals surface area contributed by atoms with Crippen molar-refractivity contribution in [2.24, 2.45) is 5.92 Å². The molecule has 5 radical (unpaired) electrons. The molecule has 12 N–H and O–H groups in total. The maximum Gasteiger partial charge on any atom is 0.347 e. The van der Waals surface area contributed by atoms with E-state index in [-0.39, 0.29) is 23.3 Å². The van der Waals surface area contributed by atoms with Crippen LogP contribution in [0.4, 0.5) is 39.9 Å². The number of piperidine rings is 1. The molecule has 0 aliphatic carbocycles. The highest BCUT2D eigenvalue weighted by Gasteiger charge is 2.23. The van der Waals surface area contributed by atoms with Crippen molar-refractivity contribution in [1.29, 1.82) is 0 Å². The number of carbonyl (C=O) groups excluding carboxylic acids is 2. The van der Waals surface area contributed by atoms with E-state index in [2.05, 4.69) is 122 Å². The van der Waals surface area contributed by atoms with Gasteiger partial charge in [0.15, 0.2) is 0 Å². The van der Waals surface area contributed by atoms with Gasteiger partial charge in [-0.25, -0.2) is 54.6 Å². The van der Waals surface area contributed by atoms with E-state index in [0.717, 1.165) is 101 Å². The Kier molecular flexibility index (Phi) is 39.0. The van der Waals surface area contributed by atoms with E-state index >= 15 is 0 Å². The van der Waals surface area contributed by atoms with Gasteiger partial charge < -0.3 is 48.7 Å². The number of anilines is 7. The summed E-state index contributed by atoms with van der Waals surface area (Å²) in [6, 6.07) is 15.3. The van der Waals surface area contributed by atoms with Crippen LogP contribution < -0.4 is 38.5 Å². The van der Waals surface area contributed by atoms with Gasteiger partial charge in [-0.15, -0.1) is 34.0 Å². The number of carboxylic acid groups (broad SMARTS) is 1. The molecule has 1 saturated heterocycles. The molecule has 0 bridgehead atoms. The van der Waals surface area contributed by atoms with E-state index in [4.69, 9.17) is 121 Å². The molecule has 1 aliphatic heterocycles. The van der Waals surface area contributed by atoms with Crippen LogP contribution >= 0.6 is 143 Å². The fourth-order valence-electron chi connectivity index (χ4n) is 9.44. The number of aliphatic hydroxyl groups is 1. The number of aryl methyl sites for hydroxylation is 7. The summed E-state index contributed by atoms with van der Waals surface area (Å²) < 4.78 is 0.593. The summed E-state index contributed by atoms with van der Waals surface area (Å²) in [5.41, 5.74) is 30.1. The summed E-state index contributed by atoms with van der Waals surface area (Å²) in [6.07, 6.45) is 20.1. The number of nitrogens with zero attached hydrogens (tertiary/aromatic N) is 16. The summed E-state index contributed by atoms with van der Waals surface area (Å²) in [7, 11) is 10.0. The highest BCUT2D eigenvalue weighted by atomic mass is 79.9. The third-order valence-corrected chi connectivity index (χ3v) is 21.0. The number of aromatic carboxylic acids is 1. The van der Waals surface area contributed by atoms with Crippen LogP contribution in [0.2, 0.25) is 40.4 Å². The van der Waals surface area contributed by atoms with E-state index in [0.29, 0.717) is 142 Å². The number of hydrogen-bond acceptors (Lipinski definition) is 27. The Bertz CT molecular complexity index is 4880. The molecule has 13 rings (SSSR count). The van der Waals surface area contributed by atoms with Crippen molar-refractivity contribution in [2.75, 3.05) is 58.2 Å². The molecule has 0 unspecified atom stereocenters. The zero-order chi connectivity index (χ0) is 83.0. The Morgan fingerprint density at radius 2 is 0.876 bits per heavy atom. The van der Waals surface area contributed by atoms with Crippen LogP contribution in [0.3, 0.4) is 0 Å². The number of nitrogen functional groups attached to an aromatic ring is 4. The second-order valence-corrected chi connectivity index (χ2v) is 30.8. The SMILES string of the molecule is Cc1nc(Cc2ncc(C(=O)Nc3c(Cl)ccnc3C)s2)cc(N2CCC(CCO)CC2)n1.Cc1nc(Cl)cc(Cc2ncc(C(=O)Nc3c(Cl)ccnc3C)s2)n1.Cc1nc(Cl)cc(Cc2ncc(C(=O)O)s2)n1.Cc1nccc(Cl)c1N.Cc1nccc(Cl)c1N.Nc1c(Cl)ccnc1Br.Nc1cnccc1Cl.[B][B][B]. The van der Waals surface area contributed by atoms with Crippen LogP contribution in [0, 0.1) is 54.4 Å². The topological polar surface area (TPSA) is 416 Å². The van der Waals surface area contributed by atoms with Crippen LogP contribution in [0.1, 0.15) is 121 Å². The van der Waals surface area contributed by atoms with Crippen molar-refractivity contribution in [3.8, 4) is 0 Å². The summed E-state index contributed by atoms with van der Waals surface area (Å²) in [5, 5.41) is 29.7. The highest BCUT2D eigenvalue weighted by Crippen LogP contribution is 2.31. The van der Waals surface area contributed by atoms with Gasteiger partial charge in [0.2, 0.25) is 0 Å². The van der Waals surface area contributed by atoms with E-state index in [1.807, 2.05) is 26.8 Å². The molecular weight excluding hydrogens is 1730 g/mol. The van der Waals surface area contributed by atoms with Crippen LogP contribution in [0.5, 0.6) is 0 Å². The van der Waals surface area contributed by atoms with E-state index in [9.17, 15) is 19.5 Å². The van der Waals surface area contributed by atoms with Gasteiger partial charge in [0, 0.05) is 105 Å². The molecule has 0 aromatic carbocycles. The molecule has 585 valence electrons. The standard InChI is InChI=1S/C23H27ClN6O2S.C16H13Cl2N5OS.C10H8ClN3O2S.2C6H7ClN2.C5H4BrClN2.C5H5ClN2.B3/c1-14-22(18(24)3-7-25-14)29-23(32)19-13-26-21(33-19)12-17-11-20(28-15(2)27-17)30-8-4-16(5-9-30)6-10-31;1-8-15(11(17)3-4-19-8)23-16(24)12-7-20-14(25-12)6-10-5-13(18)22-9(2)21-10;1-5-13-6(2-8(11)14-5)3-9-12-4-7(17-9)10(15)16;2*1-4-6(8)5(7)2-3-9-4;6-5-4(8)3(7)1-2-9-5;6-4-1-2-8-3-5(4)7;1-3-2/h3,7,11,13,16,31H,4-6,8-10,12H2,1-2H3,(H,29,32);3-5,7H,6H2,1-2H3,(H,23,24);2,4H,3H2,1H3,(H,15,16);2*2-3H,8H2,1H3;1-2H,8H2;1-3H,7H2;. The third-order valence-electron chi connectivity index (χ3n) is 15.0. The Morgan fingerprint density at radius 3 is 1.22 bits per heavy atom. The van der Waals surface area contributed by atoms with E-state index in [1.54, 1.807) is 120 Å². The van der Waals surface area contributed by atoms with E-state index in [1.165, 1.54) is 41.3 Å². The normalized spacial score (nSPS) is 11.2. The number of nitrogens with one attached hydrogen (secondary N) is 2. The lowest BCUT2D eigenvalue weighted by atomic mass is 9.40. The van der Waals surface area contributed by atoms with Gasteiger partial charge >= 0.3 is 5.97 Å². The molecule has 12 aromatic heterocycles. The molecule has 0 spiro atoms. The smallest absolute Gasteiger partial charge is 0.347 e. The minimum atomic E-state index is -0.967. The number of thiazole rings is 3. The van der Waals surface area contributed by atoms with Crippen LogP contribution in [0.15, 0.2) is 121 Å². The van der Waals surface area contributed by atoms with Gasteiger partial charge in [-0.2, -0.15) is 0 Å². The van der Waals surface area contributed by atoms with Crippen molar-refractivity contribution in [2.45, 2.75) is 87.0 Å². The van der Waals surface area contributed by atoms with Gasteiger partial charge in [0.05, 0.1) is 144 Å². The molecule has 2 amide bonds. The predicted molar refractivity (Wildman–Crippen MR) is 462 cm³/mol. The summed E-state index contributed by atoms with van der Waals surface area (Å²) in [5.74, 6) is 1.90. The number of nitrogens with two attached hydrogens (primary N) is 4. The number of carbonyl (C=O) groups is 3. The fourth-order valence-corrected chi connectivity index (χ4v) is 13.9. The molecule has 0 saturated carbocycles. The monoisotopic (exact) mass is 1800 g/mol. The van der Waals surface area contributed by atoms with Crippen LogP contribution in [-0.4, -0.2) is 145 Å². The maximum atomic E-state index is 12.7. The number of halogens is 9. The maximum absolute atomic E-state index is 12.7. The molecule has 13 heterocycles. The molecule has 1 aliphatic rings. The molecular formula is C71H71B3BrCl8N22O5S3. The molecule has 27 nitrogen and oxygen atoms in total. The first kappa shape index (κ1) is 93.3. The quantitative estimate of drug-likeness (QED) is 0.0285. The van der Waals surface area contributed by atoms with Crippen molar-refractivity contribution >= 4 is 223 Å². The Balaban J connectivity index is 0.000000219. The summed E-state index contributed by atoms with van der Waals surface area (Å²) in [6.45, 7) is 14.7. The van der Waals surface area contributed by atoms with Crippen molar-refractivity contribution in [3.05, 3.63) is 249 Å². The van der Waals surface area contributed by atoms with Gasteiger partial charge in [0.25, 0.3) is 11.8 Å². The minimum Gasteiger partial charge on any atom is -0.477 e. The average Bonchev–Trinajstić information content (AvgIpc) is 1.82. The first-order chi connectivity index (χ1) is 53.7. The lowest BCUT2D eigenvalue weighted by Crippen LogP contribution is -2.34. The second-order valence-electron chi connectivity index (χ2n) is 23.4. The number of hydrogen-bond donors (Lipinski definition) is 8. The first-order valence-corrected chi connectivity index (χ1v) is 39.5. The average molecular weight is 1800 g/mol. The Hall–Kier alpha value is -8.61. The lowest BCUT2D eigenvalue weighted by Gasteiger charge is -2.32. The Morgan fingerprint density at radius 1 is 0.504 bits per heavy atom. The van der Waals surface area contributed by atoms with Gasteiger partial charge in [0.1, 0.15) is 52.8 Å². The zero-order valence-electron chi connectivity index (χ0n) is 61.4. The first-order valence-electron chi connectivity index (χ1n) is 33.3. The predicted octanol–water partition coefficient (Wildman–Crippen LogP) is 15.8. The largest absolute Gasteiger partial charge is 0.477 e. The second kappa shape index (κ2) is 47.3. The number of aliphatic hydroxyl groups excluding tert-OH is 1. The number of aromatic nitrogens is 15. The number of rotatable bonds is 14. The highest BCUT2D eigenvalue weighted by molar-refractivity contribution is 9.10. The lowest BCUT2D eigenvalue weighted by molar-refractivity contribution is 0.0701. The molecule has 0 atom stereocenters. The summed E-state index contributed by atoms with van der Waals surface area (Å²) in [4.78, 5) is 102. The van der Waals surface area contributed by atoms with Crippen molar-refractivity contribution in [1.82, 2.24) is 74.8 Å². The number of pyridine rings is 6. The fraction of sp³-hybridized carbons (Fsp3) is 0.239. The number of amides is 2. The van der Waals surface area contributed by atoms with Crippen molar-refractivity contribution in [3.63, 3.8) is 0 Å². The Labute approximate surface area is 715 Å². The molecule has 12 aromatic rings. The molecule has 42 heteroatoms. The molecule has 113 heavy (non-hydrogen) atoms.